The fourth-order valence-electron chi connectivity index (χ4n) is 3.43. The lowest BCUT2D eigenvalue weighted by Crippen LogP contribution is -2.50. The molecule has 0 unspecified atom stereocenters. The average molecular weight is 683 g/mol. The molecule has 42 heavy (non-hydrogen) atoms. The Kier molecular flexibility index (Phi) is 9.09. The Bertz CT molecular complexity index is 1510. The van der Waals surface area contributed by atoms with Gasteiger partial charge in [0.05, 0.1) is 22.5 Å². The van der Waals surface area contributed by atoms with Gasteiger partial charge in [0.1, 0.15) is 11.6 Å². The minimum atomic E-state index is -6.62. The van der Waals surface area contributed by atoms with Crippen molar-refractivity contribution >= 4 is 39.1 Å². The summed E-state index contributed by atoms with van der Waals surface area (Å²) in [5.74, 6) is -8.31. The van der Waals surface area contributed by atoms with Crippen LogP contribution in [-0.2, 0) is 5.67 Å². The first kappa shape index (κ1) is 32.6. The highest BCUT2D eigenvalue weighted by molar-refractivity contribution is 9.10. The molecule has 0 spiro atoms. The van der Waals surface area contributed by atoms with Gasteiger partial charge >= 0.3 is 24.6 Å². The molecule has 18 heteroatoms. The van der Waals surface area contributed by atoms with Gasteiger partial charge in [-0.2, -0.15) is 35.1 Å². The van der Waals surface area contributed by atoms with Crippen molar-refractivity contribution in [2.75, 3.05) is 10.6 Å². The molecule has 5 nitrogen and oxygen atoms in total. The third kappa shape index (κ3) is 6.42. The van der Waals surface area contributed by atoms with Crippen molar-refractivity contribution in [3.8, 4) is 5.75 Å². The van der Waals surface area contributed by atoms with Crippen LogP contribution in [0.5, 0.6) is 5.75 Å². The molecule has 0 aliphatic carbocycles. The third-order valence-electron chi connectivity index (χ3n) is 5.35. The molecule has 0 aromatic heterocycles. The lowest BCUT2D eigenvalue weighted by molar-refractivity contribution is -0.348. The Morgan fingerprint density at radius 1 is 0.786 bits per heavy atom. The van der Waals surface area contributed by atoms with Crippen LogP contribution in [0.2, 0.25) is 0 Å². The average Bonchev–Trinajstić information content (AvgIpc) is 2.84. The van der Waals surface area contributed by atoms with E-state index in [1.54, 1.807) is 5.32 Å². The maximum Gasteiger partial charge on any atom is 0.435 e. The molecule has 0 saturated carbocycles. The van der Waals surface area contributed by atoms with Gasteiger partial charge in [0.15, 0.2) is 11.6 Å². The first-order chi connectivity index (χ1) is 19.3. The summed E-state index contributed by atoms with van der Waals surface area (Å²) in [6.45, 7) is -3.91. The number of ether oxygens (including phenoxy) is 1. The van der Waals surface area contributed by atoms with E-state index < -0.39 is 92.2 Å². The van der Waals surface area contributed by atoms with Crippen LogP contribution in [-0.4, -0.2) is 30.8 Å². The van der Waals surface area contributed by atoms with E-state index in [1.165, 1.54) is 0 Å². The van der Waals surface area contributed by atoms with Gasteiger partial charge in [-0.25, -0.2) is 17.6 Å². The molecule has 0 saturated heterocycles. The van der Waals surface area contributed by atoms with Crippen molar-refractivity contribution in [1.29, 1.82) is 0 Å². The van der Waals surface area contributed by atoms with E-state index in [4.69, 9.17) is 0 Å². The molecular weight excluding hydrogens is 672 g/mol. The molecule has 0 fully saturated rings. The summed E-state index contributed by atoms with van der Waals surface area (Å²) in [6.07, 6.45) is -13.2. The fraction of sp³-hybridized carbons (Fsp3) is 0.167. The van der Waals surface area contributed by atoms with Crippen LogP contribution in [0, 0.1) is 17.5 Å². The van der Waals surface area contributed by atoms with Crippen LogP contribution >= 0.6 is 15.9 Å². The number of hydrogen-bond donors (Lipinski definition) is 2. The van der Waals surface area contributed by atoms with Crippen LogP contribution in [0.4, 0.5) is 64.1 Å². The smallest absolute Gasteiger partial charge is 0.433 e. The van der Waals surface area contributed by atoms with E-state index in [2.05, 4.69) is 20.7 Å². The molecule has 0 radical (unpaired) electrons. The van der Waals surface area contributed by atoms with Crippen LogP contribution < -0.4 is 15.4 Å². The summed E-state index contributed by atoms with van der Waals surface area (Å²) < 4.78 is 165. The van der Waals surface area contributed by atoms with E-state index in [9.17, 15) is 57.9 Å². The molecular formula is C24H11BrF12N2O3. The standard InChI is InChI=1S/C24H11BrF12N2O3/c25-13-6-9(22(31,23(32,33)34)24(35,36)37)7-16(42-21(29)30)18(13)39-20(41)12-2-1-3-15(17(12)28)38-19(40)11-5-4-10(26)8-14(11)27/h1-8,21H,(H,38,40)(H,39,41). The SMILES string of the molecule is O=C(Nc1cccc(C(=O)Nc2c(Br)cc(C(F)(C(F)(F)F)C(F)(F)F)cc2OC(F)F)c1F)c1ccc(F)cc1F. The number of benzene rings is 3. The zero-order valence-electron chi connectivity index (χ0n) is 19.8. The normalized spacial score (nSPS) is 12.3. The summed E-state index contributed by atoms with van der Waals surface area (Å²) in [6, 6.07) is 3.92. The number of anilines is 2. The maximum atomic E-state index is 15.1. The van der Waals surface area contributed by atoms with Gasteiger partial charge in [0.25, 0.3) is 11.8 Å². The highest BCUT2D eigenvalue weighted by Gasteiger charge is 2.73. The van der Waals surface area contributed by atoms with Crippen molar-refractivity contribution < 1.29 is 67.0 Å². The zero-order valence-corrected chi connectivity index (χ0v) is 21.4. The highest BCUT2D eigenvalue weighted by Crippen LogP contribution is 2.55. The first-order valence-corrected chi connectivity index (χ1v) is 11.5. The Balaban J connectivity index is 2.01. The predicted octanol–water partition coefficient (Wildman–Crippen LogP) is 8.26. The van der Waals surface area contributed by atoms with E-state index in [0.29, 0.717) is 6.07 Å². The van der Waals surface area contributed by atoms with Gasteiger partial charge in [0, 0.05) is 16.1 Å². The van der Waals surface area contributed by atoms with Crippen molar-refractivity contribution in [2.24, 2.45) is 0 Å². The van der Waals surface area contributed by atoms with Crippen molar-refractivity contribution in [3.05, 3.63) is 87.1 Å². The minimum absolute atomic E-state index is 0.112. The van der Waals surface area contributed by atoms with Crippen LogP contribution in [0.25, 0.3) is 0 Å². The minimum Gasteiger partial charge on any atom is -0.433 e. The van der Waals surface area contributed by atoms with E-state index in [0.717, 1.165) is 30.3 Å². The topological polar surface area (TPSA) is 67.4 Å². The second kappa shape index (κ2) is 11.7. The quantitative estimate of drug-likeness (QED) is 0.247. The molecule has 0 atom stereocenters. The van der Waals surface area contributed by atoms with Gasteiger partial charge in [-0.05, 0) is 52.3 Å². The first-order valence-electron chi connectivity index (χ1n) is 10.8. The number of carbonyl (C=O) groups excluding carboxylic acids is 2. The highest BCUT2D eigenvalue weighted by atomic mass is 79.9. The molecule has 2 N–H and O–H groups in total. The maximum absolute atomic E-state index is 15.1. The summed E-state index contributed by atoms with van der Waals surface area (Å²) in [5, 5.41) is 3.64. The Morgan fingerprint density at radius 2 is 1.38 bits per heavy atom. The second-order valence-electron chi connectivity index (χ2n) is 8.06. The fourth-order valence-corrected chi connectivity index (χ4v) is 3.97. The van der Waals surface area contributed by atoms with Gasteiger partial charge in [0.2, 0.25) is 0 Å². The summed E-state index contributed by atoms with van der Waals surface area (Å²) in [7, 11) is 0. The van der Waals surface area contributed by atoms with E-state index in [1.807, 2.05) is 5.32 Å². The molecule has 0 heterocycles. The molecule has 3 aromatic carbocycles. The second-order valence-corrected chi connectivity index (χ2v) is 8.92. The van der Waals surface area contributed by atoms with Crippen LogP contribution in [0.15, 0.2) is 53.0 Å². The number of nitrogens with one attached hydrogen (secondary N) is 2. The molecule has 3 aromatic rings. The third-order valence-corrected chi connectivity index (χ3v) is 5.98. The van der Waals surface area contributed by atoms with Crippen LogP contribution in [0.1, 0.15) is 26.3 Å². The van der Waals surface area contributed by atoms with E-state index >= 15 is 4.39 Å². The van der Waals surface area contributed by atoms with Crippen LogP contribution in [0.3, 0.4) is 0 Å². The molecule has 0 aliphatic rings. The lowest BCUT2D eigenvalue weighted by Gasteiger charge is -2.31. The van der Waals surface area contributed by atoms with Gasteiger partial charge in [-0.1, -0.05) is 6.07 Å². The molecule has 0 bridgehead atoms. The Hall–Kier alpha value is -3.96. The van der Waals surface area contributed by atoms with Gasteiger partial charge in [-0.3, -0.25) is 9.59 Å². The summed E-state index contributed by atoms with van der Waals surface area (Å²) >= 11 is 2.46. The zero-order chi connectivity index (χ0) is 31.8. The lowest BCUT2D eigenvalue weighted by atomic mass is 9.93. The van der Waals surface area contributed by atoms with Crippen molar-refractivity contribution in [1.82, 2.24) is 0 Å². The number of rotatable bonds is 7. The molecule has 226 valence electrons. The number of amides is 2. The Morgan fingerprint density at radius 3 is 1.93 bits per heavy atom. The number of carbonyl (C=O) groups is 2. The Labute approximate surface area is 234 Å². The predicted molar refractivity (Wildman–Crippen MR) is 124 cm³/mol. The monoisotopic (exact) mass is 682 g/mol. The molecule has 3 rings (SSSR count). The molecule has 0 aliphatic heterocycles. The number of halogens is 13. The van der Waals surface area contributed by atoms with Crippen molar-refractivity contribution in [3.63, 3.8) is 0 Å². The number of alkyl halides is 9. The van der Waals surface area contributed by atoms with Crippen molar-refractivity contribution in [2.45, 2.75) is 24.6 Å². The summed E-state index contributed by atoms with van der Waals surface area (Å²) in [4.78, 5) is 25.1. The largest absolute Gasteiger partial charge is 0.435 e. The number of hydrogen-bond acceptors (Lipinski definition) is 3. The van der Waals surface area contributed by atoms with Gasteiger partial charge < -0.3 is 15.4 Å². The molecule has 2 amide bonds. The van der Waals surface area contributed by atoms with Gasteiger partial charge in [-0.15, -0.1) is 0 Å². The summed E-state index contributed by atoms with van der Waals surface area (Å²) in [5.41, 5.74) is -11.8. The van der Waals surface area contributed by atoms with E-state index in [-0.39, 0.29) is 12.1 Å².